The van der Waals surface area contributed by atoms with E-state index in [9.17, 15) is 0 Å². The molecule has 5 heteroatoms. The van der Waals surface area contributed by atoms with Crippen LogP contribution in [0.1, 0.15) is 5.56 Å². The number of pyridine rings is 1. The predicted octanol–water partition coefficient (Wildman–Crippen LogP) is 4.54. The smallest absolute Gasteiger partial charge is 0.115 e. The fraction of sp³-hybridized carbons (Fsp3) is 0.0833. The Kier molecular flexibility index (Phi) is 3.97. The summed E-state index contributed by atoms with van der Waals surface area (Å²) in [5.41, 5.74) is 7.46. The van der Waals surface area contributed by atoms with E-state index in [0.29, 0.717) is 5.69 Å². The van der Waals surface area contributed by atoms with Gasteiger partial charge in [-0.3, -0.25) is 0 Å². The van der Waals surface area contributed by atoms with Crippen molar-refractivity contribution >= 4 is 45.0 Å². The Hall–Kier alpha value is -0.710. The number of nitrogens with zero attached hydrogens (tertiary/aromatic N) is 1. The number of nitrogens with two attached hydrogens (primary N) is 1. The van der Waals surface area contributed by atoms with Crippen LogP contribution in [-0.2, 0) is 0 Å². The SMILES string of the molecule is Cc1c(N)cnc(Sc2ccccc2Cl)c1Br. The minimum Gasteiger partial charge on any atom is -0.397 e. The van der Waals surface area contributed by atoms with Gasteiger partial charge in [0, 0.05) is 4.90 Å². The molecule has 1 aromatic heterocycles. The molecule has 0 atom stereocenters. The number of nitrogen functional groups attached to an aromatic ring is 1. The Balaban J connectivity index is 2.38. The number of hydrogen-bond donors (Lipinski definition) is 1. The number of hydrogen-bond acceptors (Lipinski definition) is 3. The molecule has 2 aromatic rings. The van der Waals surface area contributed by atoms with Gasteiger partial charge in [-0.1, -0.05) is 35.5 Å². The van der Waals surface area contributed by atoms with Gasteiger partial charge in [-0.2, -0.15) is 0 Å². The second-order valence-corrected chi connectivity index (χ2v) is 5.72. The predicted molar refractivity (Wildman–Crippen MR) is 76.7 cm³/mol. The van der Waals surface area contributed by atoms with Gasteiger partial charge >= 0.3 is 0 Å². The van der Waals surface area contributed by atoms with Crippen molar-refractivity contribution in [3.05, 3.63) is 45.5 Å². The van der Waals surface area contributed by atoms with E-state index in [-0.39, 0.29) is 0 Å². The molecule has 2 N–H and O–H groups in total. The molecule has 0 saturated carbocycles. The van der Waals surface area contributed by atoms with E-state index in [4.69, 9.17) is 17.3 Å². The van der Waals surface area contributed by atoms with Crippen LogP contribution in [0.25, 0.3) is 0 Å². The molecule has 0 aliphatic rings. The molecule has 0 amide bonds. The van der Waals surface area contributed by atoms with Gasteiger partial charge < -0.3 is 5.73 Å². The van der Waals surface area contributed by atoms with Gasteiger partial charge in [0.1, 0.15) is 5.03 Å². The van der Waals surface area contributed by atoms with E-state index in [0.717, 1.165) is 25.0 Å². The van der Waals surface area contributed by atoms with E-state index in [1.54, 1.807) is 6.20 Å². The number of rotatable bonds is 2. The van der Waals surface area contributed by atoms with Crippen LogP contribution < -0.4 is 5.73 Å². The molecule has 1 heterocycles. The minimum atomic E-state index is 0.681. The standard InChI is InChI=1S/C12H10BrClN2S/c1-7-9(15)6-16-12(11(7)13)17-10-5-3-2-4-8(10)14/h2-6H,15H2,1H3. The van der Waals surface area contributed by atoms with Gasteiger partial charge in [-0.05, 0) is 40.5 Å². The highest BCUT2D eigenvalue weighted by atomic mass is 79.9. The first-order valence-electron chi connectivity index (χ1n) is 4.92. The molecule has 0 radical (unpaired) electrons. The summed E-state index contributed by atoms with van der Waals surface area (Å²) in [5, 5.41) is 1.59. The molecule has 0 spiro atoms. The lowest BCUT2D eigenvalue weighted by Gasteiger charge is -2.08. The quantitative estimate of drug-likeness (QED) is 0.879. The van der Waals surface area contributed by atoms with Gasteiger partial charge in [-0.25, -0.2) is 4.98 Å². The summed E-state index contributed by atoms with van der Waals surface area (Å²) >= 11 is 11.1. The highest BCUT2D eigenvalue weighted by molar-refractivity contribution is 9.10. The van der Waals surface area contributed by atoms with Gasteiger partial charge in [0.15, 0.2) is 0 Å². The average molecular weight is 330 g/mol. The summed E-state index contributed by atoms with van der Waals surface area (Å²) in [6.07, 6.45) is 1.67. The third-order valence-electron chi connectivity index (χ3n) is 2.31. The maximum atomic E-state index is 6.11. The van der Waals surface area contributed by atoms with E-state index in [2.05, 4.69) is 20.9 Å². The van der Waals surface area contributed by atoms with E-state index < -0.39 is 0 Å². The zero-order valence-corrected chi connectivity index (χ0v) is 12.2. The first-order valence-corrected chi connectivity index (χ1v) is 6.91. The van der Waals surface area contributed by atoms with Crippen LogP contribution >= 0.6 is 39.3 Å². The maximum Gasteiger partial charge on any atom is 0.115 e. The van der Waals surface area contributed by atoms with Crippen LogP contribution in [0, 0.1) is 6.92 Å². The van der Waals surface area contributed by atoms with E-state index in [1.807, 2.05) is 31.2 Å². The third-order valence-corrected chi connectivity index (χ3v) is 5.07. The molecule has 0 aliphatic carbocycles. The monoisotopic (exact) mass is 328 g/mol. The summed E-state index contributed by atoms with van der Waals surface area (Å²) in [4.78, 5) is 5.29. The average Bonchev–Trinajstić information content (AvgIpc) is 2.32. The van der Waals surface area contributed by atoms with Crippen LogP contribution in [0.3, 0.4) is 0 Å². The molecular weight excluding hydrogens is 320 g/mol. The summed E-state index contributed by atoms with van der Waals surface area (Å²) < 4.78 is 0.919. The van der Waals surface area contributed by atoms with Crippen LogP contribution in [-0.4, -0.2) is 4.98 Å². The van der Waals surface area contributed by atoms with E-state index in [1.165, 1.54) is 11.8 Å². The van der Waals surface area contributed by atoms with E-state index >= 15 is 0 Å². The second kappa shape index (κ2) is 5.29. The highest BCUT2D eigenvalue weighted by Gasteiger charge is 2.10. The summed E-state index contributed by atoms with van der Waals surface area (Å²) in [6, 6.07) is 7.68. The van der Waals surface area contributed by atoms with Crippen LogP contribution in [0.5, 0.6) is 0 Å². The normalized spacial score (nSPS) is 10.5. The lowest BCUT2D eigenvalue weighted by molar-refractivity contribution is 1.09. The highest BCUT2D eigenvalue weighted by Crippen LogP contribution is 2.37. The molecule has 1 aromatic carbocycles. The molecule has 0 aliphatic heterocycles. The number of anilines is 1. The Bertz CT molecular complexity index is 560. The molecule has 0 unspecified atom stereocenters. The molecular formula is C12H10BrClN2S. The Morgan fingerprint density at radius 3 is 2.76 bits per heavy atom. The van der Waals surface area contributed by atoms with Crippen molar-refractivity contribution in [2.45, 2.75) is 16.8 Å². The fourth-order valence-corrected chi connectivity index (χ4v) is 2.97. The number of benzene rings is 1. The topological polar surface area (TPSA) is 38.9 Å². The van der Waals surface area contributed by atoms with Gasteiger partial charge in [0.25, 0.3) is 0 Å². The second-order valence-electron chi connectivity index (χ2n) is 3.49. The molecule has 0 bridgehead atoms. The third kappa shape index (κ3) is 2.76. The lowest BCUT2D eigenvalue weighted by Crippen LogP contribution is -1.94. The first kappa shape index (κ1) is 12.7. The van der Waals surface area contributed by atoms with Crippen LogP contribution in [0.4, 0.5) is 5.69 Å². The molecule has 17 heavy (non-hydrogen) atoms. The van der Waals surface area contributed by atoms with Crippen molar-refractivity contribution in [2.24, 2.45) is 0 Å². The molecule has 2 rings (SSSR count). The van der Waals surface area contributed by atoms with Crippen molar-refractivity contribution < 1.29 is 0 Å². The Morgan fingerprint density at radius 2 is 2.06 bits per heavy atom. The number of halogens is 2. The minimum absolute atomic E-state index is 0.681. The molecule has 2 nitrogen and oxygen atoms in total. The van der Waals surface area contributed by atoms with Crippen molar-refractivity contribution in [3.63, 3.8) is 0 Å². The van der Waals surface area contributed by atoms with Crippen molar-refractivity contribution in [3.8, 4) is 0 Å². The maximum absolute atomic E-state index is 6.11. The summed E-state index contributed by atoms with van der Waals surface area (Å²) in [7, 11) is 0. The van der Waals surface area contributed by atoms with Crippen LogP contribution in [0.15, 0.2) is 44.9 Å². The zero-order valence-electron chi connectivity index (χ0n) is 9.08. The molecule has 0 saturated heterocycles. The van der Waals surface area contributed by atoms with Crippen molar-refractivity contribution in [1.82, 2.24) is 4.98 Å². The Morgan fingerprint density at radius 1 is 1.35 bits per heavy atom. The number of aromatic nitrogens is 1. The van der Waals surface area contributed by atoms with Gasteiger partial charge in [-0.15, -0.1) is 0 Å². The summed E-state index contributed by atoms with van der Waals surface area (Å²) in [5.74, 6) is 0. The lowest BCUT2D eigenvalue weighted by atomic mass is 10.3. The largest absolute Gasteiger partial charge is 0.397 e. The first-order chi connectivity index (χ1) is 8.09. The Labute approximate surface area is 118 Å². The zero-order chi connectivity index (χ0) is 12.4. The van der Waals surface area contributed by atoms with Gasteiger partial charge in [0.2, 0.25) is 0 Å². The van der Waals surface area contributed by atoms with Crippen LogP contribution in [0.2, 0.25) is 5.02 Å². The summed E-state index contributed by atoms with van der Waals surface area (Å²) in [6.45, 7) is 1.96. The molecule has 0 fully saturated rings. The van der Waals surface area contributed by atoms with Gasteiger partial charge in [0.05, 0.1) is 21.4 Å². The molecule has 88 valence electrons. The van der Waals surface area contributed by atoms with Crippen molar-refractivity contribution in [2.75, 3.05) is 5.73 Å². The van der Waals surface area contributed by atoms with Crippen molar-refractivity contribution in [1.29, 1.82) is 0 Å². The fourth-order valence-electron chi connectivity index (χ4n) is 1.27.